The average molecular weight is 674 g/mol. The van der Waals surface area contributed by atoms with Crippen LogP contribution < -0.4 is 14.8 Å². The number of fused-ring (bicyclic) bond motifs is 2. The van der Waals surface area contributed by atoms with Crippen molar-refractivity contribution < 1.29 is 9.47 Å². The van der Waals surface area contributed by atoms with Gasteiger partial charge in [-0.3, -0.25) is 0 Å². The molecule has 7 aromatic rings. The fourth-order valence-corrected chi connectivity index (χ4v) is 6.69. The third-order valence-electron chi connectivity index (χ3n) is 6.97. The number of benzene rings is 2. The number of hydrogen-bond donors (Lipinski definition) is 2. The summed E-state index contributed by atoms with van der Waals surface area (Å²) < 4.78 is 12.3. The smallest absolute Gasteiger partial charge is 0.319 e. The number of H-pyrrole nitrogens is 1. The van der Waals surface area contributed by atoms with Gasteiger partial charge in [0.05, 0.1) is 64.5 Å². The molecule has 0 radical (unpaired) electrons. The van der Waals surface area contributed by atoms with Crippen LogP contribution in [-0.4, -0.2) is 60.6 Å². The number of nitriles is 2. The van der Waals surface area contributed by atoms with Gasteiger partial charge in [-0.1, -0.05) is 24.3 Å². The largest absolute Gasteiger partial charge is 0.481 e. The zero-order valence-electron chi connectivity index (χ0n) is 25.7. The lowest BCUT2D eigenvalue weighted by atomic mass is 10.1. The lowest BCUT2D eigenvalue weighted by Gasteiger charge is -2.08. The SMILES string of the molecule is COc1cc(C(C#N)c2nc3ccccc3s2)nc(OC)n1.N#CC(c1ccnc(NCCc2cnc[nH]2)n1)c1nc2ccccc2s1. The molecular formula is C33H27N11O2S2. The molecule has 0 bridgehead atoms. The number of para-hydroxylation sites is 2. The number of ether oxygens (including phenoxy) is 2. The minimum absolute atomic E-state index is 0.163. The van der Waals surface area contributed by atoms with Gasteiger partial charge >= 0.3 is 6.01 Å². The molecule has 0 spiro atoms. The van der Waals surface area contributed by atoms with Crippen molar-refractivity contribution in [3.63, 3.8) is 0 Å². The molecular weight excluding hydrogens is 647 g/mol. The number of aromatic nitrogens is 8. The van der Waals surface area contributed by atoms with Gasteiger partial charge in [-0.05, 0) is 30.3 Å². The number of methoxy groups -OCH3 is 2. The lowest BCUT2D eigenvalue weighted by Crippen LogP contribution is -2.10. The van der Waals surface area contributed by atoms with Crippen molar-refractivity contribution in [2.24, 2.45) is 0 Å². The van der Waals surface area contributed by atoms with E-state index in [4.69, 9.17) is 9.47 Å². The number of rotatable bonds is 10. The standard InChI is InChI=1S/C18H15N7S.C15H12N4O2S/c19-9-13(17-24-15-3-1-2-4-16(15)26-17)14-6-8-22-18(25-14)21-7-5-12-10-20-11-23-12;1-20-13-7-11(18-15(19-13)21-2)9(8-16)14-17-10-5-3-4-6-12(10)22-14/h1-4,6,8,10-11,13H,5,7H2,(H,20,23)(H,21,22,25);3-7,9H,1-2H3. The molecule has 0 saturated heterocycles. The molecule has 0 aliphatic carbocycles. The number of nitrogens with one attached hydrogen (secondary N) is 2. The van der Waals surface area contributed by atoms with E-state index in [1.54, 1.807) is 30.9 Å². The van der Waals surface area contributed by atoms with Crippen LogP contribution in [0.4, 0.5) is 5.95 Å². The van der Waals surface area contributed by atoms with Gasteiger partial charge in [0.25, 0.3) is 0 Å². The zero-order valence-corrected chi connectivity index (χ0v) is 27.4. The molecule has 7 rings (SSSR count). The Morgan fingerprint density at radius 3 is 2.06 bits per heavy atom. The van der Waals surface area contributed by atoms with E-state index in [0.717, 1.165) is 37.6 Å². The average Bonchev–Trinajstić information content (AvgIpc) is 3.90. The molecule has 48 heavy (non-hydrogen) atoms. The van der Waals surface area contributed by atoms with Gasteiger partial charge in [0.1, 0.15) is 21.9 Å². The first-order valence-corrected chi connectivity index (χ1v) is 16.2. The molecule has 13 nitrogen and oxygen atoms in total. The van der Waals surface area contributed by atoms with E-state index in [1.807, 2.05) is 48.5 Å². The van der Waals surface area contributed by atoms with Gasteiger partial charge < -0.3 is 19.8 Å². The summed E-state index contributed by atoms with van der Waals surface area (Å²) in [6, 6.07) is 23.8. The Bertz CT molecular complexity index is 2130. The van der Waals surface area contributed by atoms with E-state index >= 15 is 0 Å². The third kappa shape index (κ3) is 7.33. The predicted octanol–water partition coefficient (Wildman–Crippen LogP) is 5.88. The maximum atomic E-state index is 9.67. The van der Waals surface area contributed by atoms with Crippen molar-refractivity contribution >= 4 is 49.1 Å². The minimum Gasteiger partial charge on any atom is -0.481 e. The molecule has 0 aliphatic heterocycles. The molecule has 238 valence electrons. The number of aromatic amines is 1. The number of imidazole rings is 1. The molecule has 0 fully saturated rings. The normalized spacial score (nSPS) is 11.9. The Kier molecular flexibility index (Phi) is 10.0. The topological polar surface area (TPSA) is 184 Å². The van der Waals surface area contributed by atoms with Gasteiger partial charge in [-0.25, -0.2) is 24.9 Å². The monoisotopic (exact) mass is 673 g/mol. The van der Waals surface area contributed by atoms with Gasteiger partial charge in [-0.2, -0.15) is 20.5 Å². The van der Waals surface area contributed by atoms with Crippen LogP contribution in [0.2, 0.25) is 0 Å². The van der Waals surface area contributed by atoms with Crippen LogP contribution in [0.5, 0.6) is 11.9 Å². The Labute approximate surface area is 283 Å². The fraction of sp³-hybridized carbons (Fsp3) is 0.182. The molecule has 2 unspecified atom stereocenters. The maximum Gasteiger partial charge on any atom is 0.319 e. The Hall–Kier alpha value is -6.03. The van der Waals surface area contributed by atoms with Crippen LogP contribution in [0.1, 0.15) is 38.9 Å². The van der Waals surface area contributed by atoms with E-state index in [0.29, 0.717) is 34.8 Å². The lowest BCUT2D eigenvalue weighted by molar-refractivity contribution is 0.350. The van der Waals surface area contributed by atoms with Crippen molar-refractivity contribution in [3.8, 4) is 24.0 Å². The molecule has 0 amide bonds. The summed E-state index contributed by atoms with van der Waals surface area (Å²) >= 11 is 3.00. The van der Waals surface area contributed by atoms with Crippen LogP contribution >= 0.6 is 22.7 Å². The van der Waals surface area contributed by atoms with Crippen molar-refractivity contribution in [1.29, 1.82) is 10.5 Å². The molecule has 0 saturated carbocycles. The molecule has 15 heteroatoms. The Balaban J connectivity index is 0.000000170. The second-order valence-corrected chi connectivity index (χ2v) is 12.2. The summed E-state index contributed by atoms with van der Waals surface area (Å²) in [7, 11) is 2.97. The highest BCUT2D eigenvalue weighted by Gasteiger charge is 2.22. The van der Waals surface area contributed by atoms with Gasteiger partial charge in [0, 0.05) is 37.1 Å². The fourth-order valence-electron chi connectivity index (χ4n) is 4.64. The number of thiazole rings is 2. The zero-order chi connectivity index (χ0) is 33.3. The van der Waals surface area contributed by atoms with Crippen molar-refractivity contribution in [2.75, 3.05) is 26.1 Å². The Morgan fingerprint density at radius 2 is 1.48 bits per heavy atom. The number of hydrogen-bond acceptors (Lipinski definition) is 14. The highest BCUT2D eigenvalue weighted by molar-refractivity contribution is 7.19. The summed E-state index contributed by atoms with van der Waals surface area (Å²) in [6.45, 7) is 0.671. The van der Waals surface area contributed by atoms with Crippen LogP contribution in [0.25, 0.3) is 20.4 Å². The maximum absolute atomic E-state index is 9.67. The van der Waals surface area contributed by atoms with Gasteiger partial charge in [-0.15, -0.1) is 22.7 Å². The van der Waals surface area contributed by atoms with E-state index in [1.165, 1.54) is 36.9 Å². The van der Waals surface area contributed by atoms with E-state index < -0.39 is 11.8 Å². The van der Waals surface area contributed by atoms with Gasteiger partial charge in [0.15, 0.2) is 0 Å². The molecule has 5 aromatic heterocycles. The second-order valence-electron chi connectivity index (χ2n) is 10.0. The highest BCUT2D eigenvalue weighted by atomic mass is 32.1. The number of anilines is 1. The summed E-state index contributed by atoms with van der Waals surface area (Å²) in [4.78, 5) is 33.2. The van der Waals surface area contributed by atoms with Crippen molar-refractivity contribution in [2.45, 2.75) is 18.3 Å². The molecule has 2 aromatic carbocycles. The molecule has 0 aliphatic rings. The second kappa shape index (κ2) is 15.0. The van der Waals surface area contributed by atoms with E-state index in [9.17, 15) is 10.5 Å². The van der Waals surface area contributed by atoms with Gasteiger partial charge in [0.2, 0.25) is 11.8 Å². The molecule has 2 atom stereocenters. The number of nitrogens with zero attached hydrogens (tertiary/aromatic N) is 9. The summed E-state index contributed by atoms with van der Waals surface area (Å²) in [5.74, 6) is -0.252. The molecule has 2 N–H and O–H groups in total. The quantitative estimate of drug-likeness (QED) is 0.176. The minimum atomic E-state index is -0.594. The first-order valence-electron chi connectivity index (χ1n) is 14.6. The van der Waals surface area contributed by atoms with Crippen LogP contribution in [-0.2, 0) is 6.42 Å². The summed E-state index contributed by atoms with van der Waals surface area (Å²) in [5.41, 5.74) is 3.96. The predicted molar refractivity (Wildman–Crippen MR) is 182 cm³/mol. The highest BCUT2D eigenvalue weighted by Crippen LogP contribution is 2.33. The first-order chi connectivity index (χ1) is 23.6. The van der Waals surface area contributed by atoms with Crippen molar-refractivity contribution in [3.05, 3.63) is 106 Å². The first kappa shape index (κ1) is 31.9. The third-order valence-corrected chi connectivity index (χ3v) is 9.17. The summed E-state index contributed by atoms with van der Waals surface area (Å²) in [5, 5.41) is 23.9. The van der Waals surface area contributed by atoms with Crippen molar-refractivity contribution in [1.82, 2.24) is 39.9 Å². The molecule has 5 heterocycles. The van der Waals surface area contributed by atoms with Crippen LogP contribution in [0, 0.1) is 22.7 Å². The van der Waals surface area contributed by atoms with E-state index in [-0.39, 0.29) is 6.01 Å². The van der Waals surface area contributed by atoms with E-state index in [2.05, 4.69) is 57.3 Å². The van der Waals surface area contributed by atoms with Crippen LogP contribution in [0.3, 0.4) is 0 Å². The summed E-state index contributed by atoms with van der Waals surface area (Å²) in [6.07, 6.45) is 5.89. The van der Waals surface area contributed by atoms with Crippen LogP contribution in [0.15, 0.2) is 79.4 Å². The Morgan fingerprint density at radius 1 is 0.812 bits per heavy atom.